The summed E-state index contributed by atoms with van der Waals surface area (Å²) < 4.78 is 3.57. The first kappa shape index (κ1) is 16.0. The van der Waals surface area contributed by atoms with Crippen LogP contribution in [0.3, 0.4) is 0 Å². The minimum atomic E-state index is -0.155. The zero-order chi connectivity index (χ0) is 16.9. The van der Waals surface area contributed by atoms with Gasteiger partial charge in [-0.1, -0.05) is 11.8 Å². The summed E-state index contributed by atoms with van der Waals surface area (Å²) in [5, 5.41) is 11.3. The fourth-order valence-corrected chi connectivity index (χ4v) is 2.77. The van der Waals surface area contributed by atoms with Crippen LogP contribution in [-0.2, 0) is 4.79 Å². The summed E-state index contributed by atoms with van der Waals surface area (Å²) in [6.07, 6.45) is 5.31. The van der Waals surface area contributed by atoms with Gasteiger partial charge in [-0.05, 0) is 43.3 Å². The van der Waals surface area contributed by atoms with Crippen LogP contribution in [0.5, 0.6) is 0 Å². The van der Waals surface area contributed by atoms with Gasteiger partial charge in [0.15, 0.2) is 5.78 Å². The van der Waals surface area contributed by atoms with Gasteiger partial charge in [-0.15, -0.1) is 10.2 Å². The Morgan fingerprint density at radius 2 is 1.88 bits per heavy atom. The molecule has 0 aliphatic rings. The van der Waals surface area contributed by atoms with Crippen molar-refractivity contribution < 1.29 is 9.59 Å². The lowest BCUT2D eigenvalue weighted by Gasteiger charge is -2.08. The van der Waals surface area contributed by atoms with Gasteiger partial charge in [0.2, 0.25) is 11.1 Å². The van der Waals surface area contributed by atoms with Gasteiger partial charge in [-0.2, -0.15) is 0 Å². The second kappa shape index (κ2) is 7.14. The third-order valence-corrected chi connectivity index (χ3v) is 4.18. The molecule has 0 radical (unpaired) electrons. The Bertz CT molecular complexity index is 840. The largest absolute Gasteiger partial charge is 0.325 e. The summed E-state index contributed by atoms with van der Waals surface area (Å²) in [6.45, 7) is 1.51. The van der Waals surface area contributed by atoms with Gasteiger partial charge in [-0.25, -0.2) is 4.68 Å². The van der Waals surface area contributed by atoms with Crippen molar-refractivity contribution in [2.45, 2.75) is 12.1 Å². The molecule has 0 bridgehead atoms. The third kappa shape index (κ3) is 3.72. The average Bonchev–Trinajstić information content (AvgIpc) is 3.24. The minimum absolute atomic E-state index is 0.00668. The molecule has 0 saturated heterocycles. The van der Waals surface area contributed by atoms with Gasteiger partial charge in [-0.3, -0.25) is 14.3 Å². The summed E-state index contributed by atoms with van der Waals surface area (Å²) >= 11 is 1.29. The van der Waals surface area contributed by atoms with Gasteiger partial charge in [0.05, 0.1) is 5.75 Å². The lowest BCUT2D eigenvalue weighted by molar-refractivity contribution is -0.113. The van der Waals surface area contributed by atoms with Crippen LogP contribution in [0.2, 0.25) is 0 Å². The highest BCUT2D eigenvalue weighted by Gasteiger charge is 2.10. The normalized spacial score (nSPS) is 10.5. The average molecular weight is 341 g/mol. The SMILES string of the molecule is CC(=O)c1ccc(NC(=O)CSc2nncn2-n2cccc2)cc1. The molecular formula is C16H15N5O2S. The van der Waals surface area contributed by atoms with Crippen molar-refractivity contribution >= 4 is 29.1 Å². The number of carbonyl (C=O) groups excluding carboxylic acids is 2. The number of rotatable bonds is 6. The van der Waals surface area contributed by atoms with E-state index < -0.39 is 0 Å². The lowest BCUT2D eigenvalue weighted by atomic mass is 10.1. The number of carbonyl (C=O) groups is 2. The predicted molar refractivity (Wildman–Crippen MR) is 91.1 cm³/mol. The molecule has 0 atom stereocenters. The molecule has 8 heteroatoms. The number of benzene rings is 1. The van der Waals surface area contributed by atoms with E-state index in [0.717, 1.165) is 0 Å². The van der Waals surface area contributed by atoms with Gasteiger partial charge in [0.1, 0.15) is 6.33 Å². The molecule has 3 aromatic rings. The van der Waals surface area contributed by atoms with Crippen molar-refractivity contribution in [2.75, 3.05) is 11.1 Å². The van der Waals surface area contributed by atoms with Gasteiger partial charge in [0.25, 0.3) is 0 Å². The first-order chi connectivity index (χ1) is 11.6. The first-order valence-corrected chi connectivity index (χ1v) is 8.19. The Labute approximate surface area is 142 Å². The van der Waals surface area contributed by atoms with E-state index >= 15 is 0 Å². The summed E-state index contributed by atoms with van der Waals surface area (Å²) in [6, 6.07) is 10.6. The molecule has 0 unspecified atom stereocenters. The summed E-state index contributed by atoms with van der Waals surface area (Å²) in [5.74, 6) is 0.0411. The smallest absolute Gasteiger partial charge is 0.234 e. The fourth-order valence-electron chi connectivity index (χ4n) is 2.06. The first-order valence-electron chi connectivity index (χ1n) is 7.21. The number of amides is 1. The maximum Gasteiger partial charge on any atom is 0.234 e. The molecule has 24 heavy (non-hydrogen) atoms. The van der Waals surface area contributed by atoms with Gasteiger partial charge in [0, 0.05) is 23.6 Å². The van der Waals surface area contributed by atoms with E-state index in [2.05, 4.69) is 15.5 Å². The Balaban J connectivity index is 1.58. The maximum atomic E-state index is 12.1. The molecule has 0 saturated carbocycles. The molecule has 0 aliphatic heterocycles. The molecular weight excluding hydrogens is 326 g/mol. The van der Waals surface area contributed by atoms with Crippen molar-refractivity contribution in [1.29, 1.82) is 0 Å². The van der Waals surface area contributed by atoms with Crippen LogP contribution in [0.25, 0.3) is 0 Å². The van der Waals surface area contributed by atoms with E-state index in [-0.39, 0.29) is 17.4 Å². The Kier molecular flexibility index (Phi) is 4.76. The molecule has 7 nitrogen and oxygen atoms in total. The van der Waals surface area contributed by atoms with Crippen molar-refractivity contribution in [1.82, 2.24) is 19.5 Å². The van der Waals surface area contributed by atoms with Crippen LogP contribution >= 0.6 is 11.8 Å². The number of aromatic nitrogens is 4. The number of nitrogens with one attached hydrogen (secondary N) is 1. The number of thioether (sulfide) groups is 1. The number of anilines is 1. The monoisotopic (exact) mass is 341 g/mol. The molecule has 0 aliphatic carbocycles. The van der Waals surface area contributed by atoms with Crippen LogP contribution in [-0.4, -0.2) is 37.0 Å². The number of hydrogen-bond acceptors (Lipinski definition) is 5. The molecule has 2 aromatic heterocycles. The molecule has 1 amide bonds. The minimum Gasteiger partial charge on any atom is -0.325 e. The number of ketones is 1. The van der Waals surface area contributed by atoms with E-state index in [9.17, 15) is 9.59 Å². The summed E-state index contributed by atoms with van der Waals surface area (Å²) in [7, 11) is 0. The molecule has 0 spiro atoms. The second-order valence-corrected chi connectivity index (χ2v) is 5.93. The second-order valence-electron chi connectivity index (χ2n) is 4.99. The summed E-state index contributed by atoms with van der Waals surface area (Å²) in [4.78, 5) is 23.3. The van der Waals surface area contributed by atoms with Crippen LogP contribution in [0.15, 0.2) is 60.3 Å². The van der Waals surface area contributed by atoms with Crippen LogP contribution in [0.4, 0.5) is 5.69 Å². The van der Waals surface area contributed by atoms with Crippen molar-refractivity contribution in [3.05, 3.63) is 60.7 Å². The highest BCUT2D eigenvalue weighted by Crippen LogP contribution is 2.16. The van der Waals surface area contributed by atoms with Crippen LogP contribution < -0.4 is 5.32 Å². The highest BCUT2D eigenvalue weighted by atomic mass is 32.2. The molecule has 1 aromatic carbocycles. The number of nitrogens with zero attached hydrogens (tertiary/aromatic N) is 4. The maximum absolute atomic E-state index is 12.1. The van der Waals surface area contributed by atoms with Crippen molar-refractivity contribution in [3.8, 4) is 0 Å². The van der Waals surface area contributed by atoms with E-state index in [0.29, 0.717) is 16.4 Å². The fraction of sp³-hybridized carbons (Fsp3) is 0.125. The van der Waals surface area contributed by atoms with Crippen LogP contribution in [0.1, 0.15) is 17.3 Å². The third-order valence-electron chi connectivity index (χ3n) is 3.25. The van der Waals surface area contributed by atoms with Gasteiger partial charge >= 0.3 is 0 Å². The van der Waals surface area contributed by atoms with Gasteiger partial charge < -0.3 is 5.32 Å². The zero-order valence-corrected chi connectivity index (χ0v) is 13.7. The zero-order valence-electron chi connectivity index (χ0n) is 12.9. The van der Waals surface area contributed by atoms with E-state index in [1.807, 2.05) is 29.2 Å². The Morgan fingerprint density at radius 1 is 1.17 bits per heavy atom. The van der Waals surface area contributed by atoms with E-state index in [4.69, 9.17) is 0 Å². The summed E-state index contributed by atoms with van der Waals surface area (Å²) in [5.41, 5.74) is 1.26. The predicted octanol–water partition coefficient (Wildman–Crippen LogP) is 2.32. The Hall–Kier alpha value is -2.87. The molecule has 1 N–H and O–H groups in total. The standard InChI is InChI=1S/C16H15N5O2S/c1-12(22)13-4-6-14(7-5-13)18-15(23)10-24-16-19-17-11-21(16)20-8-2-3-9-20/h2-9,11H,10H2,1H3,(H,18,23). The van der Waals surface area contributed by atoms with Crippen LogP contribution in [0, 0.1) is 0 Å². The molecule has 3 rings (SSSR count). The number of hydrogen-bond donors (Lipinski definition) is 1. The lowest BCUT2D eigenvalue weighted by Crippen LogP contribution is -2.15. The molecule has 0 fully saturated rings. The highest BCUT2D eigenvalue weighted by molar-refractivity contribution is 7.99. The van der Waals surface area contributed by atoms with E-state index in [1.165, 1.54) is 18.7 Å². The van der Waals surface area contributed by atoms with Crippen molar-refractivity contribution in [3.63, 3.8) is 0 Å². The quantitative estimate of drug-likeness (QED) is 0.550. The molecule has 122 valence electrons. The Morgan fingerprint density at radius 3 is 2.54 bits per heavy atom. The number of Topliss-reactive ketones (excluding diaryl/α,β-unsaturated/α-hetero) is 1. The van der Waals surface area contributed by atoms with E-state index in [1.54, 1.807) is 35.3 Å². The van der Waals surface area contributed by atoms with Crippen molar-refractivity contribution in [2.24, 2.45) is 0 Å². The topological polar surface area (TPSA) is 81.8 Å². The molecule has 2 heterocycles.